The SMILES string of the molecule is CC(=O)O[C@]12CCCCCCCCCC[C@@H]1O[C@@H]2c1c(F)c(F)c(F)c(F)c1F. The third-order valence-corrected chi connectivity index (χ3v) is 5.91. The van der Waals surface area contributed by atoms with Crippen molar-refractivity contribution in [1.29, 1.82) is 0 Å². The zero-order valence-corrected chi connectivity index (χ0v) is 16.3. The highest BCUT2D eigenvalue weighted by Crippen LogP contribution is 2.53. The minimum Gasteiger partial charge on any atom is -0.453 e. The van der Waals surface area contributed by atoms with Crippen molar-refractivity contribution in [2.45, 2.75) is 88.9 Å². The van der Waals surface area contributed by atoms with Crippen molar-refractivity contribution >= 4 is 5.97 Å². The van der Waals surface area contributed by atoms with Crippen LogP contribution in [0.15, 0.2) is 0 Å². The molecule has 1 saturated carbocycles. The summed E-state index contributed by atoms with van der Waals surface area (Å²) in [5, 5.41) is 0. The summed E-state index contributed by atoms with van der Waals surface area (Å²) < 4.78 is 81.1. The maximum Gasteiger partial charge on any atom is 0.303 e. The fourth-order valence-electron chi connectivity index (χ4n) is 4.49. The fourth-order valence-corrected chi connectivity index (χ4v) is 4.49. The quantitative estimate of drug-likeness (QED) is 0.253. The van der Waals surface area contributed by atoms with E-state index in [4.69, 9.17) is 9.47 Å². The normalized spacial score (nSPS) is 28.5. The minimum absolute atomic E-state index is 0.238. The van der Waals surface area contributed by atoms with Crippen molar-refractivity contribution in [3.63, 3.8) is 0 Å². The van der Waals surface area contributed by atoms with Crippen LogP contribution in [0.25, 0.3) is 0 Å². The van der Waals surface area contributed by atoms with E-state index in [0.717, 1.165) is 51.9 Å². The zero-order chi connectivity index (χ0) is 21.2. The van der Waals surface area contributed by atoms with Crippen LogP contribution in [0.1, 0.15) is 82.8 Å². The first-order valence-electron chi connectivity index (χ1n) is 10.2. The Balaban J connectivity index is 2.01. The molecule has 3 nitrogen and oxygen atoms in total. The van der Waals surface area contributed by atoms with Gasteiger partial charge in [0.05, 0.1) is 5.56 Å². The minimum atomic E-state index is -2.22. The molecule has 2 fully saturated rings. The maximum absolute atomic E-state index is 14.4. The summed E-state index contributed by atoms with van der Waals surface area (Å²) in [4.78, 5) is 11.8. The summed E-state index contributed by atoms with van der Waals surface area (Å²) in [6.45, 7) is 1.16. The maximum atomic E-state index is 14.4. The Labute approximate surface area is 166 Å². The lowest BCUT2D eigenvalue weighted by Gasteiger charge is -2.54. The first-order chi connectivity index (χ1) is 13.8. The molecule has 1 aliphatic carbocycles. The second-order valence-corrected chi connectivity index (χ2v) is 7.90. The molecule has 1 heterocycles. The number of ether oxygens (including phenoxy) is 2. The van der Waals surface area contributed by atoms with Gasteiger partial charge in [-0.15, -0.1) is 0 Å². The third kappa shape index (κ3) is 4.13. The van der Waals surface area contributed by atoms with Crippen LogP contribution in [0.5, 0.6) is 0 Å². The smallest absolute Gasteiger partial charge is 0.303 e. The Hall–Kier alpha value is -1.70. The fraction of sp³-hybridized carbons (Fsp3) is 0.667. The van der Waals surface area contributed by atoms with E-state index in [1.807, 2.05) is 0 Å². The summed E-state index contributed by atoms with van der Waals surface area (Å²) in [5.74, 6) is -10.8. The standard InChI is InChI=1S/C21H25F5O3/c1-12(27)29-21-11-9-7-5-3-2-4-6-8-10-13(21)28-20(21)14-15(22)17(24)19(26)18(25)16(14)23/h13,20H,2-11H2,1H3/t13-,20+,21+/m0/s1. The van der Waals surface area contributed by atoms with Crippen molar-refractivity contribution in [3.05, 3.63) is 34.6 Å². The Bertz CT molecular complexity index is 740. The highest BCUT2D eigenvalue weighted by molar-refractivity contribution is 5.67. The number of halogens is 5. The van der Waals surface area contributed by atoms with Crippen LogP contribution in [-0.2, 0) is 14.3 Å². The summed E-state index contributed by atoms with van der Waals surface area (Å²) in [7, 11) is 0. The first-order valence-corrected chi connectivity index (χ1v) is 10.2. The second-order valence-electron chi connectivity index (χ2n) is 7.90. The molecule has 1 aromatic rings. The molecule has 0 radical (unpaired) electrons. The van der Waals surface area contributed by atoms with Crippen LogP contribution in [-0.4, -0.2) is 17.7 Å². The average molecular weight is 420 g/mol. The predicted molar refractivity (Wildman–Crippen MR) is 94.5 cm³/mol. The Morgan fingerprint density at radius 2 is 1.31 bits per heavy atom. The van der Waals surface area contributed by atoms with Crippen molar-refractivity contribution in [3.8, 4) is 0 Å². The lowest BCUT2D eigenvalue weighted by Crippen LogP contribution is -2.63. The summed E-state index contributed by atoms with van der Waals surface area (Å²) in [5.41, 5.74) is -2.50. The number of esters is 1. The van der Waals surface area contributed by atoms with Crippen LogP contribution in [0.3, 0.4) is 0 Å². The van der Waals surface area contributed by atoms with Gasteiger partial charge in [-0.1, -0.05) is 44.9 Å². The zero-order valence-electron chi connectivity index (χ0n) is 16.3. The second kappa shape index (κ2) is 8.98. The average Bonchev–Trinajstić information content (AvgIpc) is 2.67. The van der Waals surface area contributed by atoms with E-state index in [1.54, 1.807) is 0 Å². The van der Waals surface area contributed by atoms with E-state index >= 15 is 0 Å². The lowest BCUT2D eigenvalue weighted by molar-refractivity contribution is -0.308. The van der Waals surface area contributed by atoms with E-state index in [2.05, 4.69) is 0 Å². The largest absolute Gasteiger partial charge is 0.453 e. The van der Waals surface area contributed by atoms with Crippen LogP contribution in [0.4, 0.5) is 22.0 Å². The van der Waals surface area contributed by atoms with Gasteiger partial charge < -0.3 is 9.47 Å². The number of carbonyl (C=O) groups is 1. The molecular formula is C21H25F5O3. The Morgan fingerprint density at radius 1 is 0.828 bits per heavy atom. The van der Waals surface area contributed by atoms with E-state index in [9.17, 15) is 26.7 Å². The van der Waals surface area contributed by atoms with Gasteiger partial charge in [0.15, 0.2) is 28.9 Å². The first kappa shape index (κ1) is 22.0. The molecule has 0 spiro atoms. The molecule has 0 N–H and O–H groups in total. The topological polar surface area (TPSA) is 35.5 Å². The predicted octanol–water partition coefficient (Wildman–Crippen LogP) is 6.04. The van der Waals surface area contributed by atoms with Crippen molar-refractivity contribution < 1.29 is 36.2 Å². The van der Waals surface area contributed by atoms with E-state index in [-0.39, 0.29) is 6.42 Å². The highest BCUT2D eigenvalue weighted by atomic mass is 19.2. The number of benzene rings is 1. The molecule has 0 bridgehead atoms. The molecule has 8 heteroatoms. The molecule has 1 aliphatic heterocycles. The summed E-state index contributed by atoms with van der Waals surface area (Å²) in [6.07, 6.45) is 5.87. The van der Waals surface area contributed by atoms with Crippen LogP contribution in [0, 0.1) is 29.1 Å². The number of rotatable bonds is 2. The van der Waals surface area contributed by atoms with Crippen molar-refractivity contribution in [1.82, 2.24) is 0 Å². The Morgan fingerprint density at radius 3 is 1.86 bits per heavy atom. The van der Waals surface area contributed by atoms with Crippen molar-refractivity contribution in [2.75, 3.05) is 0 Å². The molecular weight excluding hydrogens is 395 g/mol. The van der Waals surface area contributed by atoms with Gasteiger partial charge in [0.1, 0.15) is 12.2 Å². The molecule has 3 rings (SSSR count). The number of carbonyl (C=O) groups excluding carboxylic acids is 1. The van der Waals surface area contributed by atoms with E-state index < -0.39 is 58.4 Å². The van der Waals surface area contributed by atoms with Gasteiger partial charge >= 0.3 is 5.97 Å². The molecule has 0 unspecified atom stereocenters. The molecule has 1 aromatic carbocycles. The molecule has 29 heavy (non-hydrogen) atoms. The molecule has 162 valence electrons. The third-order valence-electron chi connectivity index (χ3n) is 5.91. The number of fused-ring (bicyclic) bond motifs is 1. The molecule has 0 aromatic heterocycles. The molecule has 2 aliphatic rings. The lowest BCUT2D eigenvalue weighted by atomic mass is 9.73. The Kier molecular flexibility index (Phi) is 6.81. The van der Waals surface area contributed by atoms with Gasteiger partial charge in [-0.05, 0) is 19.3 Å². The van der Waals surface area contributed by atoms with Crippen LogP contribution < -0.4 is 0 Å². The van der Waals surface area contributed by atoms with Crippen LogP contribution in [0.2, 0.25) is 0 Å². The van der Waals surface area contributed by atoms with Gasteiger partial charge in [-0.2, -0.15) is 0 Å². The van der Waals surface area contributed by atoms with Gasteiger partial charge in [-0.25, -0.2) is 22.0 Å². The van der Waals surface area contributed by atoms with Gasteiger partial charge in [0, 0.05) is 6.92 Å². The summed E-state index contributed by atoms with van der Waals surface area (Å²) in [6, 6.07) is 0. The van der Waals surface area contributed by atoms with E-state index in [0.29, 0.717) is 12.8 Å². The number of hydrogen-bond donors (Lipinski definition) is 0. The molecule has 0 amide bonds. The van der Waals surface area contributed by atoms with Gasteiger partial charge in [-0.3, -0.25) is 4.79 Å². The van der Waals surface area contributed by atoms with Crippen molar-refractivity contribution in [2.24, 2.45) is 0 Å². The van der Waals surface area contributed by atoms with E-state index in [1.165, 1.54) is 0 Å². The van der Waals surface area contributed by atoms with Gasteiger partial charge in [0.2, 0.25) is 5.82 Å². The monoisotopic (exact) mass is 420 g/mol. The number of hydrogen-bond acceptors (Lipinski definition) is 3. The molecule has 1 saturated heterocycles. The highest BCUT2D eigenvalue weighted by Gasteiger charge is 2.61. The van der Waals surface area contributed by atoms with Gasteiger partial charge in [0.25, 0.3) is 0 Å². The van der Waals surface area contributed by atoms with Crippen LogP contribution >= 0.6 is 0 Å². The summed E-state index contributed by atoms with van der Waals surface area (Å²) >= 11 is 0. The molecule has 3 atom stereocenters.